The van der Waals surface area contributed by atoms with E-state index >= 15 is 0 Å². The van der Waals surface area contributed by atoms with E-state index in [4.69, 9.17) is 0 Å². The van der Waals surface area contributed by atoms with Crippen LogP contribution in [-0.4, -0.2) is 24.6 Å². The average molecular weight is 217 g/mol. The topological polar surface area (TPSA) is 60.3 Å². The first-order valence-corrected chi connectivity index (χ1v) is 5.04. The van der Waals surface area contributed by atoms with Crippen LogP contribution < -0.4 is 10.4 Å². The Morgan fingerprint density at radius 2 is 2.25 bits per heavy atom. The minimum Gasteiger partial charge on any atom is -0.309 e. The molecule has 2 aliphatic heterocycles. The van der Waals surface area contributed by atoms with Crippen molar-refractivity contribution in [3.05, 3.63) is 29.8 Å². The molecule has 2 amide bonds. The molecule has 1 N–H and O–H groups in total. The summed E-state index contributed by atoms with van der Waals surface area (Å²) >= 11 is 0. The molecule has 0 spiro atoms. The van der Waals surface area contributed by atoms with Crippen LogP contribution in [0.25, 0.3) is 0 Å². The monoisotopic (exact) mass is 217 g/mol. The maximum Gasteiger partial charge on any atom is 0.365 e. The first kappa shape index (κ1) is 9.29. The van der Waals surface area contributed by atoms with E-state index in [1.807, 2.05) is 36.3 Å². The summed E-state index contributed by atoms with van der Waals surface area (Å²) in [6.07, 6.45) is -0.163. The van der Waals surface area contributed by atoms with Gasteiger partial charge in [-0.2, -0.15) is 5.11 Å². The van der Waals surface area contributed by atoms with Gasteiger partial charge in [-0.3, -0.25) is 4.90 Å². The quantitative estimate of drug-likeness (QED) is 0.775. The lowest BCUT2D eigenvalue weighted by molar-refractivity contribution is 0.188. The van der Waals surface area contributed by atoms with Crippen LogP contribution >= 0.6 is 0 Å². The number of hydrazine groups is 1. The summed E-state index contributed by atoms with van der Waals surface area (Å²) in [7, 11) is 1.92. The Morgan fingerprint density at radius 1 is 1.44 bits per heavy atom. The number of rotatable bonds is 1. The number of azo groups is 1. The molecule has 0 bridgehead atoms. The van der Waals surface area contributed by atoms with Gasteiger partial charge in [-0.25, -0.2) is 10.2 Å². The van der Waals surface area contributed by atoms with Crippen molar-refractivity contribution in [1.82, 2.24) is 10.3 Å². The predicted molar refractivity (Wildman–Crippen MR) is 57.7 cm³/mol. The van der Waals surface area contributed by atoms with Gasteiger partial charge in [-0.05, 0) is 6.07 Å². The zero-order valence-electron chi connectivity index (χ0n) is 8.79. The number of hydrogen-bond donors (Lipinski definition) is 1. The molecule has 0 aliphatic carbocycles. The van der Waals surface area contributed by atoms with Crippen molar-refractivity contribution < 1.29 is 4.79 Å². The molecule has 0 saturated heterocycles. The Bertz CT molecular complexity index is 472. The lowest BCUT2D eigenvalue weighted by atomic mass is 10.1. The molecular weight excluding hydrogens is 206 g/mol. The van der Waals surface area contributed by atoms with Crippen LogP contribution in [0.1, 0.15) is 11.7 Å². The van der Waals surface area contributed by atoms with Crippen molar-refractivity contribution in [2.75, 3.05) is 18.7 Å². The van der Waals surface area contributed by atoms with Crippen molar-refractivity contribution >= 4 is 11.7 Å². The second-order valence-corrected chi connectivity index (χ2v) is 3.78. The predicted octanol–water partition coefficient (Wildman–Crippen LogP) is 1.48. The first-order valence-electron chi connectivity index (χ1n) is 5.04. The highest BCUT2D eigenvalue weighted by atomic mass is 16.2. The molecule has 1 atom stereocenters. The molecule has 0 radical (unpaired) electrons. The van der Waals surface area contributed by atoms with Crippen molar-refractivity contribution in [2.24, 2.45) is 10.2 Å². The van der Waals surface area contributed by atoms with Gasteiger partial charge in [0.05, 0.1) is 5.69 Å². The van der Waals surface area contributed by atoms with E-state index < -0.39 is 0 Å². The number of urea groups is 1. The number of anilines is 1. The third-order valence-corrected chi connectivity index (χ3v) is 2.84. The van der Waals surface area contributed by atoms with Crippen LogP contribution in [0.15, 0.2) is 34.5 Å². The van der Waals surface area contributed by atoms with Crippen LogP contribution in [0.4, 0.5) is 10.5 Å². The second-order valence-electron chi connectivity index (χ2n) is 3.78. The summed E-state index contributed by atoms with van der Waals surface area (Å²) < 4.78 is 0. The molecule has 3 rings (SSSR count). The fourth-order valence-corrected chi connectivity index (χ4v) is 2.05. The van der Waals surface area contributed by atoms with Crippen molar-refractivity contribution in [1.29, 1.82) is 0 Å². The van der Waals surface area contributed by atoms with Crippen LogP contribution in [0, 0.1) is 0 Å². The molecule has 0 aromatic heterocycles. The van der Waals surface area contributed by atoms with E-state index in [9.17, 15) is 4.79 Å². The van der Waals surface area contributed by atoms with Gasteiger partial charge in [0, 0.05) is 12.6 Å². The number of hydrogen-bond acceptors (Lipinski definition) is 4. The Hall–Kier alpha value is -1.95. The zero-order valence-corrected chi connectivity index (χ0v) is 8.79. The normalized spacial score (nSPS) is 23.1. The highest BCUT2D eigenvalue weighted by Gasteiger charge is 2.35. The van der Waals surface area contributed by atoms with E-state index in [-0.39, 0.29) is 12.2 Å². The molecule has 0 saturated carbocycles. The van der Waals surface area contributed by atoms with Gasteiger partial charge in [0.2, 0.25) is 0 Å². The fraction of sp³-hybridized carbons (Fsp3) is 0.300. The Morgan fingerprint density at radius 3 is 3.00 bits per heavy atom. The van der Waals surface area contributed by atoms with Crippen LogP contribution in [0.3, 0.4) is 0 Å². The number of carbonyl (C=O) groups excluding carboxylic acids is 1. The lowest BCUT2D eigenvalue weighted by Crippen LogP contribution is -2.40. The van der Waals surface area contributed by atoms with E-state index in [0.29, 0.717) is 6.67 Å². The third-order valence-electron chi connectivity index (χ3n) is 2.84. The average Bonchev–Trinajstić information content (AvgIpc) is 2.84. The van der Waals surface area contributed by atoms with Gasteiger partial charge in [0.25, 0.3) is 0 Å². The number of carbonyl (C=O) groups is 1. The molecule has 6 heteroatoms. The summed E-state index contributed by atoms with van der Waals surface area (Å²) in [6, 6.07) is 7.66. The molecule has 2 heterocycles. The molecular formula is C10H11N5O. The van der Waals surface area contributed by atoms with Crippen molar-refractivity contribution in [2.45, 2.75) is 6.17 Å². The molecule has 6 nitrogen and oxygen atoms in total. The van der Waals surface area contributed by atoms with Crippen LogP contribution in [0.5, 0.6) is 0 Å². The SMILES string of the molecule is CN1N[C@H](N2CN=NC2=O)c2ccccc21. The summed E-state index contributed by atoms with van der Waals surface area (Å²) in [5.74, 6) is 0. The molecule has 2 aliphatic rings. The largest absolute Gasteiger partial charge is 0.365 e. The molecule has 1 aromatic carbocycles. The smallest absolute Gasteiger partial charge is 0.309 e. The number of nitrogens with zero attached hydrogens (tertiary/aromatic N) is 4. The maximum absolute atomic E-state index is 11.5. The number of nitrogens with one attached hydrogen (secondary N) is 1. The Balaban J connectivity index is 1.97. The molecule has 1 aromatic rings. The van der Waals surface area contributed by atoms with Crippen molar-refractivity contribution in [3.63, 3.8) is 0 Å². The third kappa shape index (κ3) is 1.20. The van der Waals surface area contributed by atoms with E-state index in [2.05, 4.69) is 15.7 Å². The van der Waals surface area contributed by atoms with Gasteiger partial charge in [0.15, 0.2) is 0 Å². The van der Waals surface area contributed by atoms with Gasteiger partial charge in [0.1, 0.15) is 12.8 Å². The maximum atomic E-state index is 11.5. The molecule has 0 unspecified atom stereocenters. The number of fused-ring (bicyclic) bond motifs is 1. The lowest BCUT2D eigenvalue weighted by Gasteiger charge is -2.22. The van der Waals surface area contributed by atoms with Crippen molar-refractivity contribution in [3.8, 4) is 0 Å². The Kier molecular flexibility index (Phi) is 1.90. The standard InChI is InChI=1S/C10H11N5O/c1-14-8-5-3-2-4-7(8)9(13-14)15-6-11-12-10(15)16/h2-5,9,13H,6H2,1H3/t9-/m1/s1. The first-order chi connectivity index (χ1) is 7.77. The summed E-state index contributed by atoms with van der Waals surface area (Å²) in [5.41, 5.74) is 5.36. The number of amides is 2. The number of benzene rings is 1. The van der Waals surface area contributed by atoms with E-state index in [0.717, 1.165) is 11.3 Å². The van der Waals surface area contributed by atoms with Gasteiger partial charge in [-0.1, -0.05) is 23.3 Å². The van der Waals surface area contributed by atoms with E-state index in [1.165, 1.54) is 0 Å². The summed E-state index contributed by atoms with van der Waals surface area (Å²) in [4.78, 5) is 13.1. The number of para-hydroxylation sites is 1. The highest BCUT2D eigenvalue weighted by molar-refractivity contribution is 5.77. The van der Waals surface area contributed by atoms with E-state index in [1.54, 1.807) is 4.90 Å². The van der Waals surface area contributed by atoms with Gasteiger partial charge >= 0.3 is 6.03 Å². The summed E-state index contributed by atoms with van der Waals surface area (Å²) in [6.45, 7) is 0.318. The summed E-state index contributed by atoms with van der Waals surface area (Å²) in [5, 5.41) is 9.15. The minimum absolute atomic E-state index is 0.163. The molecule has 82 valence electrons. The molecule has 16 heavy (non-hydrogen) atoms. The minimum atomic E-state index is -0.289. The van der Waals surface area contributed by atoms with Crippen LogP contribution in [-0.2, 0) is 0 Å². The zero-order chi connectivity index (χ0) is 11.1. The Labute approximate surface area is 92.5 Å². The second kappa shape index (κ2) is 3.28. The van der Waals surface area contributed by atoms with Gasteiger partial charge in [-0.15, -0.1) is 0 Å². The van der Waals surface area contributed by atoms with Crippen LogP contribution in [0.2, 0.25) is 0 Å². The fourth-order valence-electron chi connectivity index (χ4n) is 2.05. The molecule has 0 fully saturated rings. The van der Waals surface area contributed by atoms with Gasteiger partial charge < -0.3 is 5.01 Å². The highest BCUT2D eigenvalue weighted by Crippen LogP contribution is 2.34.